The van der Waals surface area contributed by atoms with E-state index in [2.05, 4.69) is 52.2 Å². The van der Waals surface area contributed by atoms with Crippen LogP contribution in [0.5, 0.6) is 0 Å². The quantitative estimate of drug-likeness (QED) is 0.0201. The van der Waals surface area contributed by atoms with E-state index in [1.54, 1.807) is 0 Å². The molecule has 376 valence electrons. The number of hydrogen-bond acceptors (Lipinski definition) is 9. The Labute approximate surface area is 393 Å². The van der Waals surface area contributed by atoms with E-state index >= 15 is 0 Å². The molecule has 0 amide bonds. The first-order valence-electron chi connectivity index (χ1n) is 26.0. The van der Waals surface area contributed by atoms with Gasteiger partial charge in [0.1, 0.15) is 19.8 Å². The molecular weight excluding hydrogens is 828 g/mol. The Balaban J connectivity index is 2.53. The topological polar surface area (TPSA) is 132 Å². The van der Waals surface area contributed by atoms with Crippen LogP contribution in [0.2, 0.25) is 0 Å². The van der Waals surface area contributed by atoms with Crippen molar-refractivity contribution in [3.05, 3.63) is 24.3 Å². The number of phosphoric ester groups is 1. The number of likely N-dealkylation sites (N-methyl/N-ethyl adjacent to an activating group) is 1. The molecule has 11 nitrogen and oxygen atoms in total. The summed E-state index contributed by atoms with van der Waals surface area (Å²) in [7, 11) is -0.398. The van der Waals surface area contributed by atoms with Gasteiger partial charge in [-0.3, -0.25) is 18.6 Å². The molecule has 0 saturated carbocycles. The minimum absolute atomic E-state index is 0.0359. The first kappa shape index (κ1) is 60.4. The van der Waals surface area contributed by atoms with Crippen molar-refractivity contribution in [2.45, 2.75) is 257 Å². The van der Waals surface area contributed by atoms with Crippen LogP contribution in [0.4, 0.5) is 0 Å². The summed E-state index contributed by atoms with van der Waals surface area (Å²) in [6.45, 7) is 12.3. The minimum Gasteiger partial charge on any atom is -0.462 e. The molecule has 0 aromatic carbocycles. The van der Waals surface area contributed by atoms with Gasteiger partial charge in [-0.25, -0.2) is 4.57 Å². The van der Waals surface area contributed by atoms with E-state index in [0.29, 0.717) is 23.9 Å². The summed E-state index contributed by atoms with van der Waals surface area (Å²) in [4.78, 5) is 36.3. The molecule has 1 fully saturated rings. The molecule has 0 bridgehead atoms. The Kier molecular flexibility index (Phi) is 33.6. The molecule has 64 heavy (non-hydrogen) atoms. The van der Waals surface area contributed by atoms with Gasteiger partial charge in [-0.2, -0.15) is 5.06 Å². The number of carbonyl (C=O) groups excluding carboxylic acids is 2. The zero-order valence-corrected chi connectivity index (χ0v) is 43.5. The van der Waals surface area contributed by atoms with E-state index in [4.69, 9.17) is 18.5 Å². The molecule has 0 spiro atoms. The number of allylic oxidation sites excluding steroid dienone is 4. The van der Waals surface area contributed by atoms with Crippen LogP contribution in [0, 0.1) is 0 Å². The molecule has 1 aliphatic rings. The van der Waals surface area contributed by atoms with Crippen molar-refractivity contribution < 1.29 is 47.3 Å². The Hall–Kier alpha value is -1.59. The maximum Gasteiger partial charge on any atom is 0.472 e. The van der Waals surface area contributed by atoms with Crippen LogP contribution >= 0.6 is 7.82 Å². The Morgan fingerprint density at radius 3 is 1.45 bits per heavy atom. The van der Waals surface area contributed by atoms with Crippen molar-refractivity contribution in [1.29, 1.82) is 0 Å². The fraction of sp³-hybridized carbons (Fsp3) is 0.885. The molecule has 1 heterocycles. The van der Waals surface area contributed by atoms with E-state index in [-0.39, 0.29) is 32.1 Å². The van der Waals surface area contributed by atoms with E-state index < -0.39 is 43.6 Å². The molecular formula is C52H100N2O9P+. The van der Waals surface area contributed by atoms with Gasteiger partial charge in [0.2, 0.25) is 0 Å². The number of phosphoric acid groups is 1. The number of piperidine rings is 1. The highest BCUT2D eigenvalue weighted by atomic mass is 31.2. The second-order valence-corrected chi connectivity index (χ2v) is 22.0. The van der Waals surface area contributed by atoms with Gasteiger partial charge in [-0.1, -0.05) is 141 Å². The number of carbonyl (C=O) groups is 2. The predicted octanol–water partition coefficient (Wildman–Crippen LogP) is 14.1. The molecule has 1 rings (SSSR count). The van der Waals surface area contributed by atoms with Crippen LogP contribution in [-0.4, -0.2) is 95.3 Å². The number of unbranched alkanes of at least 4 members (excludes halogenated alkanes) is 22. The molecule has 2 N–H and O–H groups in total. The lowest BCUT2D eigenvalue weighted by molar-refractivity contribution is -0.918. The van der Waals surface area contributed by atoms with Crippen LogP contribution in [0.25, 0.3) is 0 Å². The lowest BCUT2D eigenvalue weighted by Gasteiger charge is -2.54. The summed E-state index contributed by atoms with van der Waals surface area (Å²) in [6.07, 6.45) is 40.4. The number of quaternary nitrogens is 1. The van der Waals surface area contributed by atoms with Crippen LogP contribution in [0.3, 0.4) is 0 Å². The maximum atomic E-state index is 13.1. The van der Waals surface area contributed by atoms with E-state index in [1.807, 2.05) is 27.7 Å². The zero-order valence-electron chi connectivity index (χ0n) is 42.6. The number of rotatable bonds is 41. The average Bonchev–Trinajstić information content (AvgIpc) is 3.23. The van der Waals surface area contributed by atoms with Gasteiger partial charge < -0.3 is 24.1 Å². The first-order valence-corrected chi connectivity index (χ1v) is 27.5. The van der Waals surface area contributed by atoms with Crippen molar-refractivity contribution >= 4 is 19.8 Å². The van der Waals surface area contributed by atoms with Crippen LogP contribution in [-0.2, 0) is 32.7 Å². The van der Waals surface area contributed by atoms with Crippen molar-refractivity contribution in [3.63, 3.8) is 0 Å². The molecule has 0 radical (unpaired) electrons. The minimum atomic E-state index is -4.52. The highest BCUT2D eigenvalue weighted by Gasteiger charge is 2.50. The summed E-state index contributed by atoms with van der Waals surface area (Å²) in [6, 6.07) is 0.183. The lowest BCUT2D eigenvalue weighted by atomic mass is 9.77. The van der Waals surface area contributed by atoms with E-state index in [9.17, 15) is 24.3 Å². The second-order valence-electron chi connectivity index (χ2n) is 20.6. The van der Waals surface area contributed by atoms with Gasteiger partial charge in [0.05, 0.1) is 26.7 Å². The largest absolute Gasteiger partial charge is 0.472 e. The average molecular weight is 928 g/mol. The number of esters is 2. The first-order chi connectivity index (χ1) is 30.5. The van der Waals surface area contributed by atoms with Crippen molar-refractivity contribution in [1.82, 2.24) is 5.06 Å². The molecule has 0 aromatic heterocycles. The van der Waals surface area contributed by atoms with Crippen LogP contribution in [0.1, 0.15) is 234 Å². The highest BCUT2D eigenvalue weighted by molar-refractivity contribution is 7.47. The third-order valence-corrected chi connectivity index (χ3v) is 13.9. The zero-order chi connectivity index (χ0) is 47.6. The number of ether oxygens (including phenoxy) is 2. The summed E-state index contributed by atoms with van der Waals surface area (Å²) >= 11 is 0. The second kappa shape index (κ2) is 35.5. The smallest absolute Gasteiger partial charge is 0.462 e. The predicted molar refractivity (Wildman–Crippen MR) is 263 cm³/mol. The summed E-state index contributed by atoms with van der Waals surface area (Å²) in [5.74, 6) is -0.843. The number of hydrogen-bond donors (Lipinski definition) is 2. The monoisotopic (exact) mass is 928 g/mol. The maximum absolute atomic E-state index is 13.1. The molecule has 1 aliphatic heterocycles. The molecule has 0 aliphatic carbocycles. The summed E-state index contributed by atoms with van der Waals surface area (Å²) in [5, 5.41) is 12.2. The van der Waals surface area contributed by atoms with Gasteiger partial charge >= 0.3 is 19.8 Å². The summed E-state index contributed by atoms with van der Waals surface area (Å²) < 4.78 is 35.5. The molecule has 0 aromatic rings. The van der Waals surface area contributed by atoms with Crippen molar-refractivity contribution in [2.75, 3.05) is 40.5 Å². The fourth-order valence-corrected chi connectivity index (χ4v) is 9.54. The van der Waals surface area contributed by atoms with Gasteiger partial charge in [0.25, 0.3) is 0 Å². The molecule has 12 heteroatoms. The fourth-order valence-electron chi connectivity index (χ4n) is 8.80. The van der Waals surface area contributed by atoms with E-state index in [0.717, 1.165) is 77.0 Å². The van der Waals surface area contributed by atoms with Gasteiger partial charge in [-0.15, -0.1) is 0 Å². The van der Waals surface area contributed by atoms with Crippen LogP contribution < -0.4 is 0 Å². The Morgan fingerprint density at radius 1 is 0.625 bits per heavy atom. The molecule has 1 unspecified atom stereocenters. The normalized spacial score (nSPS) is 17.3. The highest BCUT2D eigenvalue weighted by Crippen LogP contribution is 2.44. The molecule has 1 saturated heterocycles. The molecule has 2 atom stereocenters. The lowest BCUT2D eigenvalue weighted by Crippen LogP contribution is -2.66. The standard InChI is InChI=1S/C52H99N2O9P/c1-9-11-13-15-17-19-21-23-25-27-29-31-33-35-37-39-49(55)60-45-48(63-50(56)40-38-36-34-32-30-28-26-24-22-20-18-16-14-12-10-2)46-62-64(58,59)61-42-41-54(7,8)47-43-51(3,4)53(57)52(5,6)44-47/h23-26,47-48,57H,9-22,27-46H2,1-8H3/p+1/b25-23-,26-24-/t48-/m1/s1. The number of nitrogens with zero attached hydrogens (tertiary/aromatic N) is 2. The van der Waals surface area contributed by atoms with Gasteiger partial charge in [0, 0.05) is 36.8 Å². The summed E-state index contributed by atoms with van der Waals surface area (Å²) in [5.41, 5.74) is -0.857. The van der Waals surface area contributed by atoms with Crippen molar-refractivity contribution in [2.24, 2.45) is 0 Å². The van der Waals surface area contributed by atoms with Crippen LogP contribution in [0.15, 0.2) is 24.3 Å². The third kappa shape index (κ3) is 30.6. The van der Waals surface area contributed by atoms with Gasteiger partial charge in [0.15, 0.2) is 6.10 Å². The number of hydroxylamine groups is 2. The van der Waals surface area contributed by atoms with E-state index in [1.165, 1.54) is 95.0 Å². The Morgan fingerprint density at radius 2 is 1.02 bits per heavy atom. The third-order valence-electron chi connectivity index (χ3n) is 13.0. The van der Waals surface area contributed by atoms with Gasteiger partial charge in [-0.05, 0) is 91.9 Å². The SMILES string of the molecule is CCCCCCCC/C=C\CCCCCCCC(=O)OC[C@H](COP(=O)(O)OCC[N+](C)(C)C1CC(C)(C)N(O)C(C)(C)C1)OC(=O)CCCCCCC/C=C\CCCCCCCC. The van der Waals surface area contributed by atoms with Crippen molar-refractivity contribution in [3.8, 4) is 0 Å². The Bertz CT molecular complexity index is 1290.